The first kappa shape index (κ1) is 20.1. The lowest BCUT2D eigenvalue weighted by Gasteiger charge is -2.26. The molecule has 0 N–H and O–H groups in total. The third-order valence-corrected chi connectivity index (χ3v) is 4.26. The van der Waals surface area contributed by atoms with Crippen molar-refractivity contribution in [3.8, 4) is 0 Å². The van der Waals surface area contributed by atoms with E-state index in [2.05, 4.69) is 6.58 Å². The smallest absolute Gasteiger partial charge is 0.290 e. The van der Waals surface area contributed by atoms with Crippen molar-refractivity contribution in [2.24, 2.45) is 0 Å². The number of carbonyl (C=O) groups is 2. The summed E-state index contributed by atoms with van der Waals surface area (Å²) in [5.74, 6) is -0.279. The Morgan fingerprint density at radius 3 is 2.31 bits per heavy atom. The minimum absolute atomic E-state index is 0.149. The Morgan fingerprint density at radius 1 is 0.966 bits per heavy atom. The van der Waals surface area contributed by atoms with E-state index in [9.17, 15) is 14.0 Å². The standard InChI is InChI=1S/C22H21FN2O4/c1-2-11-24(22(27)20-6-4-13-29-20)16-21(26)25(15-19-5-3-12-28-19)14-17-7-9-18(23)10-8-17/h2-10,12-13H,1,11,14-16H2. The summed E-state index contributed by atoms with van der Waals surface area (Å²) in [5, 5.41) is 0. The summed E-state index contributed by atoms with van der Waals surface area (Å²) < 4.78 is 23.7. The summed E-state index contributed by atoms with van der Waals surface area (Å²) in [6.07, 6.45) is 4.48. The van der Waals surface area contributed by atoms with Gasteiger partial charge in [-0.3, -0.25) is 9.59 Å². The topological polar surface area (TPSA) is 66.9 Å². The molecule has 0 bridgehead atoms. The van der Waals surface area contributed by atoms with Gasteiger partial charge < -0.3 is 18.6 Å². The van der Waals surface area contributed by atoms with Gasteiger partial charge in [0.25, 0.3) is 5.91 Å². The molecule has 3 aromatic rings. The monoisotopic (exact) mass is 396 g/mol. The molecule has 3 rings (SSSR count). The highest BCUT2D eigenvalue weighted by atomic mass is 19.1. The van der Waals surface area contributed by atoms with Gasteiger partial charge in [0.1, 0.15) is 18.1 Å². The Hall–Kier alpha value is -3.61. The molecule has 0 spiro atoms. The van der Waals surface area contributed by atoms with Gasteiger partial charge in [0.2, 0.25) is 5.91 Å². The van der Waals surface area contributed by atoms with Crippen LogP contribution in [-0.2, 0) is 17.9 Å². The third-order valence-electron chi connectivity index (χ3n) is 4.26. The van der Waals surface area contributed by atoms with Crippen molar-refractivity contribution in [3.63, 3.8) is 0 Å². The molecule has 6 nitrogen and oxygen atoms in total. The fourth-order valence-electron chi connectivity index (χ4n) is 2.83. The van der Waals surface area contributed by atoms with E-state index in [0.717, 1.165) is 5.56 Å². The van der Waals surface area contributed by atoms with E-state index >= 15 is 0 Å². The van der Waals surface area contributed by atoms with Gasteiger partial charge in [-0.1, -0.05) is 18.2 Å². The van der Waals surface area contributed by atoms with Gasteiger partial charge in [-0.05, 0) is 42.0 Å². The third kappa shape index (κ3) is 5.44. The van der Waals surface area contributed by atoms with Gasteiger partial charge in [0.15, 0.2) is 5.76 Å². The number of furan rings is 2. The van der Waals surface area contributed by atoms with Crippen molar-refractivity contribution in [2.45, 2.75) is 13.1 Å². The second-order valence-electron chi connectivity index (χ2n) is 6.41. The molecular weight excluding hydrogens is 375 g/mol. The molecule has 2 heterocycles. The SMILES string of the molecule is C=CCN(CC(=O)N(Cc1ccc(F)cc1)Cc1ccco1)C(=O)c1ccco1. The number of benzene rings is 1. The second kappa shape index (κ2) is 9.54. The van der Waals surface area contributed by atoms with Crippen LogP contribution in [0.5, 0.6) is 0 Å². The van der Waals surface area contributed by atoms with Gasteiger partial charge in [-0.15, -0.1) is 6.58 Å². The molecule has 0 aliphatic carbocycles. The lowest BCUT2D eigenvalue weighted by Crippen LogP contribution is -2.42. The first-order valence-electron chi connectivity index (χ1n) is 9.05. The zero-order chi connectivity index (χ0) is 20.6. The zero-order valence-electron chi connectivity index (χ0n) is 15.8. The summed E-state index contributed by atoms with van der Waals surface area (Å²) >= 11 is 0. The minimum atomic E-state index is -0.400. The largest absolute Gasteiger partial charge is 0.467 e. The van der Waals surface area contributed by atoms with E-state index in [1.54, 1.807) is 47.4 Å². The van der Waals surface area contributed by atoms with Gasteiger partial charge in [0.05, 0.1) is 19.1 Å². The Balaban J connectivity index is 1.77. The highest BCUT2D eigenvalue weighted by Crippen LogP contribution is 2.13. The second-order valence-corrected chi connectivity index (χ2v) is 6.41. The highest BCUT2D eigenvalue weighted by Gasteiger charge is 2.24. The van der Waals surface area contributed by atoms with Crippen LogP contribution in [0.4, 0.5) is 4.39 Å². The first-order valence-corrected chi connectivity index (χ1v) is 9.05. The summed E-state index contributed by atoms with van der Waals surface area (Å²) in [4.78, 5) is 28.6. The fourth-order valence-corrected chi connectivity index (χ4v) is 2.83. The Bertz CT molecular complexity index is 934. The molecule has 0 aliphatic heterocycles. The molecule has 7 heteroatoms. The van der Waals surface area contributed by atoms with E-state index < -0.39 is 5.91 Å². The molecule has 1 aromatic carbocycles. The van der Waals surface area contributed by atoms with Crippen molar-refractivity contribution < 1.29 is 22.8 Å². The maximum atomic E-state index is 13.2. The number of amides is 2. The average Bonchev–Trinajstić information content (AvgIpc) is 3.42. The number of carbonyl (C=O) groups excluding carboxylic acids is 2. The quantitative estimate of drug-likeness (QED) is 0.515. The Morgan fingerprint density at radius 2 is 1.69 bits per heavy atom. The molecule has 0 saturated carbocycles. The summed E-state index contributed by atoms with van der Waals surface area (Å²) in [6, 6.07) is 12.6. The fraction of sp³-hybridized carbons (Fsp3) is 0.182. The zero-order valence-corrected chi connectivity index (χ0v) is 15.8. The van der Waals surface area contributed by atoms with E-state index in [0.29, 0.717) is 5.76 Å². The summed E-state index contributed by atoms with van der Waals surface area (Å²) in [6.45, 7) is 4.15. The van der Waals surface area contributed by atoms with Crippen molar-refractivity contribution in [3.05, 3.63) is 96.6 Å². The molecule has 0 atom stereocenters. The number of hydrogen-bond donors (Lipinski definition) is 0. The van der Waals surface area contributed by atoms with Crippen LogP contribution in [0.25, 0.3) is 0 Å². The minimum Gasteiger partial charge on any atom is -0.467 e. The predicted octanol–water partition coefficient (Wildman–Crippen LogP) is 3.87. The summed E-state index contributed by atoms with van der Waals surface area (Å²) in [7, 11) is 0. The van der Waals surface area contributed by atoms with Gasteiger partial charge in [-0.2, -0.15) is 0 Å². The number of halogens is 1. The van der Waals surface area contributed by atoms with Crippen molar-refractivity contribution in [1.29, 1.82) is 0 Å². The molecular formula is C22H21FN2O4. The molecule has 2 aromatic heterocycles. The first-order chi connectivity index (χ1) is 14.1. The van der Waals surface area contributed by atoms with Crippen LogP contribution in [-0.4, -0.2) is 34.7 Å². The maximum Gasteiger partial charge on any atom is 0.290 e. The number of rotatable bonds is 9. The Kier molecular flexibility index (Phi) is 6.63. The molecule has 150 valence electrons. The van der Waals surface area contributed by atoms with Crippen LogP contribution in [0, 0.1) is 5.82 Å². The molecule has 2 amide bonds. The van der Waals surface area contributed by atoms with Crippen molar-refractivity contribution >= 4 is 11.8 Å². The molecule has 0 unspecified atom stereocenters. The van der Waals surface area contributed by atoms with E-state index in [1.165, 1.54) is 29.6 Å². The van der Waals surface area contributed by atoms with Crippen molar-refractivity contribution in [1.82, 2.24) is 9.80 Å². The van der Waals surface area contributed by atoms with Crippen LogP contribution < -0.4 is 0 Å². The van der Waals surface area contributed by atoms with Crippen LogP contribution in [0.15, 0.2) is 82.5 Å². The van der Waals surface area contributed by atoms with Gasteiger partial charge in [0, 0.05) is 13.1 Å². The van der Waals surface area contributed by atoms with Gasteiger partial charge >= 0.3 is 0 Å². The van der Waals surface area contributed by atoms with Crippen LogP contribution in [0.2, 0.25) is 0 Å². The lowest BCUT2D eigenvalue weighted by atomic mass is 10.2. The van der Waals surface area contributed by atoms with Crippen LogP contribution in [0.1, 0.15) is 21.9 Å². The molecule has 0 fully saturated rings. The molecule has 29 heavy (non-hydrogen) atoms. The average molecular weight is 396 g/mol. The maximum absolute atomic E-state index is 13.2. The normalized spacial score (nSPS) is 10.5. The van der Waals surface area contributed by atoms with Crippen LogP contribution in [0.3, 0.4) is 0 Å². The predicted molar refractivity (Wildman–Crippen MR) is 104 cm³/mol. The van der Waals surface area contributed by atoms with E-state index in [4.69, 9.17) is 8.83 Å². The molecule has 0 saturated heterocycles. The molecule has 0 aliphatic rings. The van der Waals surface area contributed by atoms with E-state index in [1.807, 2.05) is 0 Å². The number of nitrogens with zero attached hydrogens (tertiary/aromatic N) is 2. The lowest BCUT2D eigenvalue weighted by molar-refractivity contribution is -0.133. The molecule has 0 radical (unpaired) electrons. The highest BCUT2D eigenvalue weighted by molar-refractivity contribution is 5.94. The summed E-state index contributed by atoms with van der Waals surface area (Å²) in [5.41, 5.74) is 0.763. The van der Waals surface area contributed by atoms with E-state index in [-0.39, 0.29) is 43.7 Å². The van der Waals surface area contributed by atoms with Crippen LogP contribution >= 0.6 is 0 Å². The Labute approximate surface area is 167 Å². The van der Waals surface area contributed by atoms with Gasteiger partial charge in [-0.25, -0.2) is 4.39 Å². The number of hydrogen-bond acceptors (Lipinski definition) is 4. The van der Waals surface area contributed by atoms with Crippen molar-refractivity contribution in [2.75, 3.05) is 13.1 Å².